The number of benzene rings is 1. The highest BCUT2D eigenvalue weighted by atomic mass is 35.5. The number of pyridine rings is 1. The van der Waals surface area contributed by atoms with E-state index in [2.05, 4.69) is 23.7 Å². The quantitative estimate of drug-likeness (QED) is 0.555. The fourth-order valence-electron chi connectivity index (χ4n) is 4.09. The maximum atomic E-state index is 15.1. The molecule has 3 rings (SSSR count). The van der Waals surface area contributed by atoms with Gasteiger partial charge in [0.2, 0.25) is 0 Å². The zero-order chi connectivity index (χ0) is 23.8. The number of hydrogen-bond donors (Lipinski definition) is 1. The van der Waals surface area contributed by atoms with E-state index in [0.717, 1.165) is 25.9 Å². The smallest absolute Gasteiger partial charge is 0.337 e. The SMILES string of the molecule is Cc1ncc(-c2cccc(Cl)c2F)c(N2CCC(C)(C)CC2)c1[C@H](OC(C)(C)C)C(=O)O. The number of anilines is 1. The van der Waals surface area contributed by atoms with Gasteiger partial charge in [-0.15, -0.1) is 0 Å². The largest absolute Gasteiger partial charge is 0.479 e. The lowest BCUT2D eigenvalue weighted by Crippen LogP contribution is -2.39. The van der Waals surface area contributed by atoms with E-state index in [1.165, 1.54) is 6.07 Å². The maximum absolute atomic E-state index is 15.1. The molecule has 0 radical (unpaired) electrons. The molecule has 0 bridgehead atoms. The van der Waals surface area contributed by atoms with Crippen LogP contribution in [0.2, 0.25) is 5.02 Å². The third-order valence-electron chi connectivity index (χ3n) is 5.92. The summed E-state index contributed by atoms with van der Waals surface area (Å²) in [5.74, 6) is -1.65. The number of ether oxygens (including phenoxy) is 1. The van der Waals surface area contributed by atoms with Gasteiger partial charge in [-0.25, -0.2) is 9.18 Å². The number of hydrogen-bond acceptors (Lipinski definition) is 4. The molecule has 1 aliphatic rings. The second-order valence-corrected chi connectivity index (χ2v) is 10.6. The number of piperidine rings is 1. The average molecular weight is 463 g/mol. The fraction of sp³-hybridized carbons (Fsp3) is 0.520. The monoisotopic (exact) mass is 462 g/mol. The van der Waals surface area contributed by atoms with Crippen LogP contribution in [0.3, 0.4) is 0 Å². The molecule has 0 unspecified atom stereocenters. The lowest BCUT2D eigenvalue weighted by atomic mass is 9.82. The van der Waals surface area contributed by atoms with Crippen LogP contribution in [0.1, 0.15) is 64.8 Å². The number of rotatable bonds is 5. The second kappa shape index (κ2) is 8.99. The number of aliphatic carboxylic acids is 1. The summed E-state index contributed by atoms with van der Waals surface area (Å²) >= 11 is 6.08. The van der Waals surface area contributed by atoms with E-state index in [4.69, 9.17) is 16.3 Å². The van der Waals surface area contributed by atoms with E-state index in [1.807, 2.05) is 20.8 Å². The Labute approximate surface area is 194 Å². The van der Waals surface area contributed by atoms with Crippen LogP contribution in [-0.4, -0.2) is 34.8 Å². The summed E-state index contributed by atoms with van der Waals surface area (Å²) in [4.78, 5) is 19.0. The molecule has 5 nitrogen and oxygen atoms in total. The number of aryl methyl sites for hydroxylation is 1. The van der Waals surface area contributed by atoms with Gasteiger partial charge in [-0.2, -0.15) is 0 Å². The summed E-state index contributed by atoms with van der Waals surface area (Å²) in [6, 6.07) is 4.83. The minimum atomic E-state index is -1.24. The molecule has 1 aromatic heterocycles. The summed E-state index contributed by atoms with van der Waals surface area (Å²) in [6.07, 6.45) is 2.24. The first-order valence-electron chi connectivity index (χ1n) is 10.9. The number of carboxylic acids is 1. The van der Waals surface area contributed by atoms with Crippen molar-refractivity contribution < 1.29 is 19.0 Å². The predicted octanol–water partition coefficient (Wildman–Crippen LogP) is 6.42. The Kier molecular flexibility index (Phi) is 6.87. The van der Waals surface area contributed by atoms with Crippen LogP contribution in [0.4, 0.5) is 10.1 Å². The Hall–Kier alpha value is -2.18. The van der Waals surface area contributed by atoms with Crippen LogP contribution in [0.15, 0.2) is 24.4 Å². The van der Waals surface area contributed by atoms with Crippen LogP contribution in [0.25, 0.3) is 11.1 Å². The summed E-state index contributed by atoms with van der Waals surface area (Å²) in [7, 11) is 0. The van der Waals surface area contributed by atoms with Crippen LogP contribution >= 0.6 is 11.6 Å². The van der Waals surface area contributed by atoms with Gasteiger partial charge in [0.1, 0.15) is 5.82 Å². The van der Waals surface area contributed by atoms with Crippen molar-refractivity contribution in [1.82, 2.24) is 4.98 Å². The number of carbonyl (C=O) groups is 1. The van der Waals surface area contributed by atoms with Gasteiger partial charge in [-0.1, -0.05) is 37.6 Å². The Morgan fingerprint density at radius 1 is 1.25 bits per heavy atom. The van der Waals surface area contributed by atoms with Gasteiger partial charge >= 0.3 is 5.97 Å². The predicted molar refractivity (Wildman–Crippen MR) is 126 cm³/mol. The van der Waals surface area contributed by atoms with Crippen molar-refractivity contribution in [3.05, 3.63) is 46.5 Å². The molecule has 1 saturated heterocycles. The van der Waals surface area contributed by atoms with Crippen molar-refractivity contribution in [2.75, 3.05) is 18.0 Å². The number of carboxylic acid groups (broad SMARTS) is 1. The molecule has 7 heteroatoms. The lowest BCUT2D eigenvalue weighted by Gasteiger charge is -2.41. The van der Waals surface area contributed by atoms with E-state index >= 15 is 4.39 Å². The minimum absolute atomic E-state index is 0.0103. The van der Waals surface area contributed by atoms with E-state index in [9.17, 15) is 9.90 Å². The fourth-order valence-corrected chi connectivity index (χ4v) is 4.27. The number of aromatic nitrogens is 1. The Balaban J connectivity index is 2.28. The average Bonchev–Trinajstić information content (AvgIpc) is 2.68. The molecular formula is C25H32ClFN2O3. The highest BCUT2D eigenvalue weighted by Gasteiger charge is 2.36. The third kappa shape index (κ3) is 5.24. The molecule has 2 aromatic rings. The first kappa shape index (κ1) is 24.5. The van der Waals surface area contributed by atoms with Gasteiger partial charge in [-0.3, -0.25) is 4.98 Å². The molecule has 1 fully saturated rings. The first-order chi connectivity index (χ1) is 14.8. The van der Waals surface area contributed by atoms with E-state index in [-0.39, 0.29) is 10.4 Å². The van der Waals surface area contributed by atoms with Crippen molar-refractivity contribution in [2.45, 2.75) is 66.1 Å². The van der Waals surface area contributed by atoms with Crippen molar-refractivity contribution in [1.29, 1.82) is 0 Å². The number of nitrogens with zero attached hydrogens (tertiary/aromatic N) is 2. The zero-order valence-electron chi connectivity index (χ0n) is 19.6. The minimum Gasteiger partial charge on any atom is -0.479 e. The summed E-state index contributed by atoms with van der Waals surface area (Å²) < 4.78 is 21.1. The molecule has 1 aromatic carbocycles. The Bertz CT molecular complexity index is 1010. The van der Waals surface area contributed by atoms with E-state index < -0.39 is 23.5 Å². The molecule has 1 aliphatic heterocycles. The van der Waals surface area contributed by atoms with Gasteiger partial charge in [0.15, 0.2) is 6.10 Å². The number of halogens is 2. The van der Waals surface area contributed by atoms with Gasteiger partial charge < -0.3 is 14.7 Å². The molecule has 0 amide bonds. The molecule has 1 N–H and O–H groups in total. The zero-order valence-corrected chi connectivity index (χ0v) is 20.4. The molecular weight excluding hydrogens is 431 g/mol. The highest BCUT2D eigenvalue weighted by molar-refractivity contribution is 6.31. The summed E-state index contributed by atoms with van der Waals surface area (Å²) in [5, 5.41) is 10.1. The molecule has 2 heterocycles. The van der Waals surface area contributed by atoms with Crippen LogP contribution in [-0.2, 0) is 9.53 Å². The molecule has 0 aliphatic carbocycles. The standard InChI is InChI=1S/C25H32ClFN2O3/c1-15-19(22(23(30)31)32-24(2,3)4)21(29-12-10-25(5,6)11-13-29)17(14-28-15)16-8-7-9-18(26)20(16)27/h7-9,14,22H,10-13H2,1-6H3,(H,30,31)/t22-/m0/s1. The van der Waals surface area contributed by atoms with Crippen molar-refractivity contribution >= 4 is 23.3 Å². The Morgan fingerprint density at radius 2 is 1.88 bits per heavy atom. The van der Waals surface area contributed by atoms with E-state index in [0.29, 0.717) is 28.1 Å². The normalized spacial score (nSPS) is 17.3. The van der Waals surface area contributed by atoms with Gasteiger partial charge in [-0.05, 0) is 52.0 Å². The first-order valence-corrected chi connectivity index (χ1v) is 11.3. The second-order valence-electron chi connectivity index (χ2n) is 10.2. The van der Waals surface area contributed by atoms with Crippen LogP contribution in [0.5, 0.6) is 0 Å². The van der Waals surface area contributed by atoms with Gasteiger partial charge in [0.25, 0.3) is 0 Å². The van der Waals surface area contributed by atoms with Gasteiger partial charge in [0, 0.05) is 41.7 Å². The van der Waals surface area contributed by atoms with Crippen molar-refractivity contribution in [3.8, 4) is 11.1 Å². The topological polar surface area (TPSA) is 62.7 Å². The maximum Gasteiger partial charge on any atom is 0.337 e. The molecule has 0 spiro atoms. The summed E-state index contributed by atoms with van der Waals surface area (Å²) in [5.41, 5.74) is 1.98. The molecule has 0 saturated carbocycles. The Morgan fingerprint density at radius 3 is 2.44 bits per heavy atom. The van der Waals surface area contributed by atoms with Gasteiger partial charge in [0.05, 0.1) is 16.3 Å². The molecule has 1 atom stereocenters. The third-order valence-corrected chi connectivity index (χ3v) is 6.21. The highest BCUT2D eigenvalue weighted by Crippen LogP contribution is 2.44. The van der Waals surface area contributed by atoms with Crippen molar-refractivity contribution in [3.63, 3.8) is 0 Å². The summed E-state index contributed by atoms with van der Waals surface area (Å²) in [6.45, 7) is 13.1. The lowest BCUT2D eigenvalue weighted by molar-refractivity contribution is -0.160. The van der Waals surface area contributed by atoms with Crippen molar-refractivity contribution in [2.24, 2.45) is 5.41 Å². The van der Waals surface area contributed by atoms with Crippen LogP contribution < -0.4 is 4.90 Å². The van der Waals surface area contributed by atoms with E-state index in [1.54, 1.807) is 25.3 Å². The van der Waals surface area contributed by atoms with Crippen LogP contribution in [0, 0.1) is 18.2 Å². The molecule has 174 valence electrons. The molecule has 32 heavy (non-hydrogen) atoms.